The highest BCUT2D eigenvalue weighted by molar-refractivity contribution is 4.93. The third kappa shape index (κ3) is 4.26. The van der Waals surface area contributed by atoms with Gasteiger partial charge in [0.1, 0.15) is 0 Å². The second kappa shape index (κ2) is 6.75. The molecule has 2 atom stereocenters. The fourth-order valence-corrected chi connectivity index (χ4v) is 3.04. The summed E-state index contributed by atoms with van der Waals surface area (Å²) in [6, 6.07) is 0.308. The fraction of sp³-hybridized carbons (Fsp3) is 1.00. The van der Waals surface area contributed by atoms with E-state index in [0.29, 0.717) is 6.04 Å². The summed E-state index contributed by atoms with van der Waals surface area (Å²) in [4.78, 5) is 2.61. The van der Waals surface area contributed by atoms with Crippen LogP contribution in [0.2, 0.25) is 0 Å². The molecule has 0 radical (unpaired) electrons. The van der Waals surface area contributed by atoms with Crippen molar-refractivity contribution in [2.24, 2.45) is 11.7 Å². The van der Waals surface area contributed by atoms with Crippen LogP contribution < -0.4 is 5.73 Å². The maximum absolute atomic E-state index is 6.47. The molecule has 1 heterocycles. The number of likely N-dealkylation sites (tertiary alicyclic amines) is 1. The predicted octanol–water partition coefficient (Wildman–Crippen LogP) is 3.40. The average molecular weight is 240 g/mol. The molecule has 2 nitrogen and oxygen atoms in total. The molecule has 2 unspecified atom stereocenters. The second-order valence-corrected chi connectivity index (χ2v) is 6.44. The van der Waals surface area contributed by atoms with E-state index in [4.69, 9.17) is 5.73 Å². The first-order valence-electron chi connectivity index (χ1n) is 7.49. The average Bonchev–Trinajstić information content (AvgIpc) is 2.30. The van der Waals surface area contributed by atoms with E-state index in [2.05, 4.69) is 32.6 Å². The Labute approximate surface area is 108 Å². The van der Waals surface area contributed by atoms with E-state index in [1.807, 2.05) is 0 Å². The number of rotatable bonds is 6. The van der Waals surface area contributed by atoms with Crippen molar-refractivity contribution in [1.29, 1.82) is 0 Å². The minimum atomic E-state index is 0.169. The maximum atomic E-state index is 6.47. The molecule has 17 heavy (non-hydrogen) atoms. The van der Waals surface area contributed by atoms with E-state index in [-0.39, 0.29) is 5.54 Å². The molecule has 2 N–H and O–H groups in total. The molecule has 2 heteroatoms. The Morgan fingerprint density at radius 1 is 1.18 bits per heavy atom. The summed E-state index contributed by atoms with van der Waals surface area (Å²) in [5.74, 6) is 0.763. The van der Waals surface area contributed by atoms with Gasteiger partial charge in [0, 0.05) is 11.6 Å². The van der Waals surface area contributed by atoms with Crippen LogP contribution in [0.3, 0.4) is 0 Å². The molecule has 0 aromatic heterocycles. The minimum absolute atomic E-state index is 0.169. The van der Waals surface area contributed by atoms with E-state index >= 15 is 0 Å². The van der Waals surface area contributed by atoms with Gasteiger partial charge >= 0.3 is 0 Å². The molecule has 1 rings (SSSR count). The second-order valence-electron chi connectivity index (χ2n) is 6.44. The van der Waals surface area contributed by atoms with Gasteiger partial charge in [-0.1, -0.05) is 33.1 Å². The van der Waals surface area contributed by atoms with Crippen molar-refractivity contribution in [3.8, 4) is 0 Å². The predicted molar refractivity (Wildman–Crippen MR) is 76.2 cm³/mol. The zero-order valence-electron chi connectivity index (χ0n) is 12.3. The van der Waals surface area contributed by atoms with Crippen molar-refractivity contribution < 1.29 is 0 Å². The third-order valence-electron chi connectivity index (χ3n) is 4.52. The summed E-state index contributed by atoms with van der Waals surface area (Å²) in [7, 11) is 0. The molecule has 0 amide bonds. The summed E-state index contributed by atoms with van der Waals surface area (Å²) in [6.07, 6.45) is 7.84. The maximum Gasteiger partial charge on any atom is 0.0304 e. The first-order valence-corrected chi connectivity index (χ1v) is 7.49. The monoisotopic (exact) mass is 240 g/mol. The number of hydrogen-bond donors (Lipinski definition) is 1. The molecule has 0 saturated carbocycles. The summed E-state index contributed by atoms with van der Waals surface area (Å²) in [6.45, 7) is 11.8. The minimum Gasteiger partial charge on any atom is -0.326 e. The van der Waals surface area contributed by atoms with Crippen molar-refractivity contribution in [3.05, 3.63) is 0 Å². The Morgan fingerprint density at radius 2 is 1.76 bits per heavy atom. The first kappa shape index (κ1) is 15.0. The van der Waals surface area contributed by atoms with Crippen LogP contribution in [0.25, 0.3) is 0 Å². The Bertz CT molecular complexity index is 207. The molecule has 102 valence electrons. The number of hydrogen-bond acceptors (Lipinski definition) is 2. The number of piperidine rings is 1. The van der Waals surface area contributed by atoms with Gasteiger partial charge in [0.15, 0.2) is 0 Å². The quantitative estimate of drug-likeness (QED) is 0.771. The summed E-state index contributed by atoms with van der Waals surface area (Å²) >= 11 is 0. The van der Waals surface area contributed by atoms with Crippen LogP contribution >= 0.6 is 0 Å². The van der Waals surface area contributed by atoms with Gasteiger partial charge in [-0.05, 0) is 52.1 Å². The van der Waals surface area contributed by atoms with Crippen LogP contribution in [0, 0.1) is 5.92 Å². The summed E-state index contributed by atoms with van der Waals surface area (Å²) in [5, 5.41) is 0. The van der Waals surface area contributed by atoms with E-state index in [1.54, 1.807) is 0 Å². The van der Waals surface area contributed by atoms with Gasteiger partial charge < -0.3 is 5.73 Å². The first-order chi connectivity index (χ1) is 7.98. The topological polar surface area (TPSA) is 29.3 Å². The largest absolute Gasteiger partial charge is 0.326 e. The Kier molecular flexibility index (Phi) is 5.94. The standard InChI is InChI=1S/C15H32N2/c1-5-9-13(2)12-14(16)15(3,4)17-10-7-6-8-11-17/h13-14H,5-12,16H2,1-4H3. The third-order valence-corrected chi connectivity index (χ3v) is 4.52. The Morgan fingerprint density at radius 3 is 2.29 bits per heavy atom. The van der Waals surface area contributed by atoms with Gasteiger partial charge in [-0.25, -0.2) is 0 Å². The van der Waals surface area contributed by atoms with E-state index < -0.39 is 0 Å². The fourth-order valence-electron chi connectivity index (χ4n) is 3.04. The highest BCUT2D eigenvalue weighted by Crippen LogP contribution is 2.26. The van der Waals surface area contributed by atoms with Crippen molar-refractivity contribution in [2.75, 3.05) is 13.1 Å². The van der Waals surface area contributed by atoms with Crippen LogP contribution in [0.15, 0.2) is 0 Å². The van der Waals surface area contributed by atoms with Crippen molar-refractivity contribution in [2.45, 2.75) is 77.8 Å². The van der Waals surface area contributed by atoms with Crippen LogP contribution in [-0.2, 0) is 0 Å². The SMILES string of the molecule is CCCC(C)CC(N)C(C)(C)N1CCCCC1. The zero-order chi connectivity index (χ0) is 12.9. The van der Waals surface area contributed by atoms with Crippen molar-refractivity contribution >= 4 is 0 Å². The molecular weight excluding hydrogens is 208 g/mol. The smallest absolute Gasteiger partial charge is 0.0304 e. The normalized spacial score (nSPS) is 22.4. The lowest BCUT2D eigenvalue weighted by Crippen LogP contribution is -2.57. The van der Waals surface area contributed by atoms with Gasteiger partial charge in [0.2, 0.25) is 0 Å². The van der Waals surface area contributed by atoms with Crippen LogP contribution in [0.5, 0.6) is 0 Å². The van der Waals surface area contributed by atoms with Crippen molar-refractivity contribution in [1.82, 2.24) is 4.90 Å². The van der Waals surface area contributed by atoms with Gasteiger partial charge in [0.25, 0.3) is 0 Å². The molecule has 1 fully saturated rings. The molecule has 1 aliphatic heterocycles. The van der Waals surface area contributed by atoms with Gasteiger partial charge in [-0.3, -0.25) is 4.90 Å². The zero-order valence-corrected chi connectivity index (χ0v) is 12.3. The highest BCUT2D eigenvalue weighted by Gasteiger charge is 2.34. The van der Waals surface area contributed by atoms with E-state index in [0.717, 1.165) is 12.3 Å². The molecule has 0 aliphatic carbocycles. The lowest BCUT2D eigenvalue weighted by Gasteiger charge is -2.45. The van der Waals surface area contributed by atoms with Gasteiger partial charge in [-0.15, -0.1) is 0 Å². The van der Waals surface area contributed by atoms with Gasteiger partial charge in [-0.2, -0.15) is 0 Å². The Hall–Kier alpha value is -0.0800. The van der Waals surface area contributed by atoms with E-state index in [1.165, 1.54) is 45.2 Å². The Balaban J connectivity index is 2.49. The molecule has 0 aromatic rings. The molecule has 1 saturated heterocycles. The number of nitrogens with zero attached hydrogens (tertiary/aromatic N) is 1. The molecule has 0 spiro atoms. The highest BCUT2D eigenvalue weighted by atomic mass is 15.2. The molecule has 1 aliphatic rings. The molecule has 0 bridgehead atoms. The lowest BCUT2D eigenvalue weighted by atomic mass is 9.84. The summed E-state index contributed by atoms with van der Waals surface area (Å²) in [5.41, 5.74) is 6.64. The van der Waals surface area contributed by atoms with Gasteiger partial charge in [0.05, 0.1) is 0 Å². The van der Waals surface area contributed by atoms with E-state index in [9.17, 15) is 0 Å². The number of nitrogens with two attached hydrogens (primary N) is 1. The van der Waals surface area contributed by atoms with Crippen LogP contribution in [0.4, 0.5) is 0 Å². The van der Waals surface area contributed by atoms with Crippen molar-refractivity contribution in [3.63, 3.8) is 0 Å². The molecular formula is C15H32N2. The lowest BCUT2D eigenvalue weighted by molar-refractivity contribution is 0.0657. The molecule has 0 aromatic carbocycles. The summed E-state index contributed by atoms with van der Waals surface area (Å²) < 4.78 is 0. The van der Waals surface area contributed by atoms with Crippen LogP contribution in [0.1, 0.15) is 66.2 Å². The van der Waals surface area contributed by atoms with Crippen LogP contribution in [-0.4, -0.2) is 29.6 Å².